The third-order valence-corrected chi connectivity index (χ3v) is 6.59. The van der Waals surface area contributed by atoms with Gasteiger partial charge >= 0.3 is 0 Å². The molecule has 0 radical (unpaired) electrons. The molecule has 0 aliphatic heterocycles. The van der Waals surface area contributed by atoms with E-state index in [9.17, 15) is 9.59 Å². The van der Waals surface area contributed by atoms with Crippen LogP contribution >= 0.6 is 27.7 Å². The van der Waals surface area contributed by atoms with Gasteiger partial charge in [0.25, 0.3) is 5.91 Å². The number of halogens is 1. The van der Waals surface area contributed by atoms with E-state index < -0.39 is 0 Å². The summed E-state index contributed by atoms with van der Waals surface area (Å²) in [5.41, 5.74) is 2.26. The van der Waals surface area contributed by atoms with Gasteiger partial charge in [-0.3, -0.25) is 9.59 Å². The molecule has 2 amide bonds. The Labute approximate surface area is 179 Å². The zero-order chi connectivity index (χ0) is 19.8. The SMILES string of the molecule is O=C(CSCc1ccccc1Br)Nc1ccccc1C(=O)NC1CCCCC1. The molecule has 0 saturated heterocycles. The van der Waals surface area contributed by atoms with E-state index in [1.807, 2.05) is 36.4 Å². The van der Waals surface area contributed by atoms with Crippen molar-refractivity contribution in [1.82, 2.24) is 5.32 Å². The van der Waals surface area contributed by atoms with Crippen LogP contribution in [0.15, 0.2) is 53.0 Å². The molecule has 0 heterocycles. The summed E-state index contributed by atoms with van der Waals surface area (Å²) in [5, 5.41) is 6.02. The van der Waals surface area contributed by atoms with Gasteiger partial charge in [-0.25, -0.2) is 0 Å². The summed E-state index contributed by atoms with van der Waals surface area (Å²) in [5.74, 6) is 0.872. The molecule has 1 saturated carbocycles. The minimum Gasteiger partial charge on any atom is -0.349 e. The first-order valence-corrected chi connectivity index (χ1v) is 11.6. The van der Waals surface area contributed by atoms with Crippen LogP contribution in [0.25, 0.3) is 0 Å². The molecule has 4 nitrogen and oxygen atoms in total. The summed E-state index contributed by atoms with van der Waals surface area (Å²) in [6.45, 7) is 0. The Balaban J connectivity index is 1.54. The number of hydrogen-bond acceptors (Lipinski definition) is 3. The van der Waals surface area contributed by atoms with Crippen LogP contribution in [0.2, 0.25) is 0 Å². The van der Waals surface area contributed by atoms with Crippen molar-refractivity contribution in [1.29, 1.82) is 0 Å². The van der Waals surface area contributed by atoms with Crippen LogP contribution in [0.4, 0.5) is 5.69 Å². The number of nitrogens with one attached hydrogen (secondary N) is 2. The van der Waals surface area contributed by atoms with E-state index >= 15 is 0 Å². The van der Waals surface area contributed by atoms with Crippen molar-refractivity contribution >= 4 is 45.2 Å². The lowest BCUT2D eigenvalue weighted by Gasteiger charge is -2.23. The molecule has 1 aliphatic rings. The van der Waals surface area contributed by atoms with Crippen LogP contribution < -0.4 is 10.6 Å². The maximum atomic E-state index is 12.7. The second kappa shape index (κ2) is 10.7. The molecule has 1 fully saturated rings. The fourth-order valence-corrected chi connectivity index (χ4v) is 4.80. The number of anilines is 1. The first-order chi connectivity index (χ1) is 13.6. The number of para-hydroxylation sites is 1. The van der Waals surface area contributed by atoms with Crippen LogP contribution in [-0.2, 0) is 10.5 Å². The summed E-state index contributed by atoms with van der Waals surface area (Å²) in [6, 6.07) is 15.5. The van der Waals surface area contributed by atoms with Crippen molar-refractivity contribution in [3.05, 3.63) is 64.1 Å². The number of benzene rings is 2. The van der Waals surface area contributed by atoms with E-state index in [0.717, 1.165) is 41.5 Å². The molecule has 148 valence electrons. The second-order valence-electron chi connectivity index (χ2n) is 6.99. The molecule has 2 aromatic rings. The van der Waals surface area contributed by atoms with Gasteiger partial charge in [-0.15, -0.1) is 11.8 Å². The summed E-state index contributed by atoms with van der Waals surface area (Å²) in [6.07, 6.45) is 5.64. The maximum Gasteiger partial charge on any atom is 0.253 e. The molecule has 0 unspecified atom stereocenters. The zero-order valence-electron chi connectivity index (χ0n) is 15.7. The molecular formula is C22H25BrN2O2S. The summed E-state index contributed by atoms with van der Waals surface area (Å²) >= 11 is 5.07. The monoisotopic (exact) mass is 460 g/mol. The van der Waals surface area contributed by atoms with Crippen LogP contribution in [0, 0.1) is 0 Å². The Morgan fingerprint density at radius 3 is 2.50 bits per heavy atom. The fraction of sp³-hybridized carbons (Fsp3) is 0.364. The Bertz CT molecular complexity index is 822. The van der Waals surface area contributed by atoms with Gasteiger partial charge < -0.3 is 10.6 Å². The van der Waals surface area contributed by atoms with Crippen LogP contribution in [-0.4, -0.2) is 23.6 Å². The van der Waals surface area contributed by atoms with Gasteiger partial charge in [0.1, 0.15) is 0 Å². The number of thioether (sulfide) groups is 1. The molecule has 0 bridgehead atoms. The third kappa shape index (κ3) is 6.11. The van der Waals surface area contributed by atoms with Gasteiger partial charge in [-0.05, 0) is 36.6 Å². The Morgan fingerprint density at radius 2 is 1.71 bits per heavy atom. The van der Waals surface area contributed by atoms with Gasteiger partial charge in [0.2, 0.25) is 5.91 Å². The van der Waals surface area contributed by atoms with Crippen molar-refractivity contribution in [2.45, 2.75) is 43.9 Å². The smallest absolute Gasteiger partial charge is 0.253 e. The van der Waals surface area contributed by atoms with Crippen LogP contribution in [0.5, 0.6) is 0 Å². The lowest BCUT2D eigenvalue weighted by atomic mass is 9.95. The molecule has 0 aromatic heterocycles. The minimum atomic E-state index is -0.108. The second-order valence-corrected chi connectivity index (χ2v) is 8.83. The van der Waals surface area contributed by atoms with Crippen molar-refractivity contribution in [3.63, 3.8) is 0 Å². The summed E-state index contributed by atoms with van der Waals surface area (Å²) in [7, 11) is 0. The third-order valence-electron chi connectivity index (χ3n) is 4.83. The highest BCUT2D eigenvalue weighted by atomic mass is 79.9. The van der Waals surface area contributed by atoms with Gasteiger partial charge in [0.15, 0.2) is 0 Å². The average molecular weight is 461 g/mol. The lowest BCUT2D eigenvalue weighted by molar-refractivity contribution is -0.113. The number of amides is 2. The normalized spacial score (nSPS) is 14.5. The highest BCUT2D eigenvalue weighted by Crippen LogP contribution is 2.22. The molecule has 2 aromatic carbocycles. The number of carbonyl (C=O) groups excluding carboxylic acids is 2. The quantitative estimate of drug-likeness (QED) is 0.582. The lowest BCUT2D eigenvalue weighted by Crippen LogP contribution is -2.36. The first-order valence-electron chi connectivity index (χ1n) is 9.64. The molecule has 6 heteroatoms. The fourth-order valence-electron chi connectivity index (χ4n) is 3.36. The van der Waals surface area contributed by atoms with E-state index in [0.29, 0.717) is 17.0 Å². The topological polar surface area (TPSA) is 58.2 Å². The van der Waals surface area contributed by atoms with E-state index in [-0.39, 0.29) is 17.9 Å². The number of rotatable bonds is 7. The summed E-state index contributed by atoms with van der Waals surface area (Å²) in [4.78, 5) is 25.1. The highest BCUT2D eigenvalue weighted by molar-refractivity contribution is 9.10. The van der Waals surface area contributed by atoms with Crippen LogP contribution in [0.1, 0.15) is 48.0 Å². The van der Waals surface area contributed by atoms with Crippen LogP contribution in [0.3, 0.4) is 0 Å². The largest absolute Gasteiger partial charge is 0.349 e. The first kappa shape index (κ1) is 20.9. The minimum absolute atomic E-state index is 0.102. The Kier molecular flexibility index (Phi) is 7.98. The molecule has 1 aliphatic carbocycles. The Morgan fingerprint density at radius 1 is 1.00 bits per heavy atom. The predicted molar refractivity (Wildman–Crippen MR) is 120 cm³/mol. The van der Waals surface area contributed by atoms with E-state index in [1.165, 1.54) is 6.42 Å². The molecule has 2 N–H and O–H groups in total. The maximum absolute atomic E-state index is 12.7. The zero-order valence-corrected chi connectivity index (χ0v) is 18.2. The molecule has 0 spiro atoms. The van der Waals surface area contributed by atoms with Crippen molar-refractivity contribution in [3.8, 4) is 0 Å². The van der Waals surface area contributed by atoms with Gasteiger partial charge in [-0.2, -0.15) is 0 Å². The van der Waals surface area contributed by atoms with E-state index in [1.54, 1.807) is 23.9 Å². The number of carbonyl (C=O) groups is 2. The molecule has 0 atom stereocenters. The Hall–Kier alpha value is -1.79. The van der Waals surface area contributed by atoms with Gasteiger partial charge in [0.05, 0.1) is 17.0 Å². The van der Waals surface area contributed by atoms with Gasteiger partial charge in [0, 0.05) is 16.3 Å². The van der Waals surface area contributed by atoms with Crippen molar-refractivity contribution in [2.24, 2.45) is 0 Å². The van der Waals surface area contributed by atoms with Gasteiger partial charge in [-0.1, -0.05) is 65.5 Å². The molecular weight excluding hydrogens is 436 g/mol. The predicted octanol–water partition coefficient (Wildman–Crippen LogP) is 5.38. The standard InChI is InChI=1S/C22H25BrN2O2S/c23-19-12-6-4-8-16(19)14-28-15-21(26)25-20-13-7-5-11-18(20)22(27)24-17-9-2-1-3-10-17/h4-8,11-13,17H,1-3,9-10,14-15H2,(H,24,27)(H,25,26). The average Bonchev–Trinajstić information content (AvgIpc) is 2.70. The van der Waals surface area contributed by atoms with E-state index in [4.69, 9.17) is 0 Å². The van der Waals surface area contributed by atoms with Crippen molar-refractivity contribution < 1.29 is 9.59 Å². The number of hydrogen-bond donors (Lipinski definition) is 2. The molecule has 28 heavy (non-hydrogen) atoms. The van der Waals surface area contributed by atoms with E-state index in [2.05, 4.69) is 26.6 Å². The highest BCUT2D eigenvalue weighted by Gasteiger charge is 2.19. The summed E-state index contributed by atoms with van der Waals surface area (Å²) < 4.78 is 1.05. The molecule has 3 rings (SSSR count). The van der Waals surface area contributed by atoms with Crippen molar-refractivity contribution in [2.75, 3.05) is 11.1 Å².